The molecule has 1 fully saturated rings. The fraction of sp³-hybridized carbons (Fsp3) is 0.185. The highest BCUT2D eigenvalue weighted by Gasteiger charge is 2.29. The lowest BCUT2D eigenvalue weighted by Crippen LogP contribution is -2.50. The van der Waals surface area contributed by atoms with Crippen molar-refractivity contribution >= 4 is 23.3 Å². The molecule has 2 aromatic carbocycles. The largest absolute Gasteiger partial charge is 0.459 e. The SMILES string of the molecule is O=C(c1ccco1)N1CCN(C(=O)c2cnc(-c3ccc4c(c3)OCO4)nc2Nc2cccc(F)c2)CC1. The van der Waals surface area contributed by atoms with Crippen LogP contribution >= 0.6 is 0 Å². The van der Waals surface area contributed by atoms with Crippen molar-refractivity contribution < 1.29 is 27.9 Å². The van der Waals surface area contributed by atoms with Gasteiger partial charge in [0.2, 0.25) is 6.79 Å². The molecule has 0 spiro atoms. The summed E-state index contributed by atoms with van der Waals surface area (Å²) in [5.41, 5.74) is 1.33. The Morgan fingerprint density at radius 3 is 2.45 bits per heavy atom. The number of halogens is 1. The van der Waals surface area contributed by atoms with Gasteiger partial charge in [0, 0.05) is 43.6 Å². The average molecular weight is 516 g/mol. The van der Waals surface area contributed by atoms with Gasteiger partial charge in [0.1, 0.15) is 17.2 Å². The topological polar surface area (TPSA) is 110 Å². The van der Waals surface area contributed by atoms with Gasteiger partial charge in [-0.05, 0) is 48.5 Å². The number of nitrogens with one attached hydrogen (secondary N) is 1. The lowest BCUT2D eigenvalue weighted by Gasteiger charge is -2.34. The van der Waals surface area contributed by atoms with Gasteiger partial charge in [-0.1, -0.05) is 6.07 Å². The van der Waals surface area contributed by atoms with Crippen molar-refractivity contribution in [1.82, 2.24) is 19.8 Å². The summed E-state index contributed by atoms with van der Waals surface area (Å²) in [5, 5.41) is 3.07. The molecule has 1 N–H and O–H groups in total. The van der Waals surface area contributed by atoms with Gasteiger partial charge in [0.25, 0.3) is 11.8 Å². The number of hydrogen-bond acceptors (Lipinski definition) is 8. The van der Waals surface area contributed by atoms with Crippen LogP contribution in [0.5, 0.6) is 11.5 Å². The Morgan fingerprint density at radius 1 is 0.895 bits per heavy atom. The van der Waals surface area contributed by atoms with E-state index in [4.69, 9.17) is 13.9 Å². The Bertz CT molecular complexity index is 1500. The zero-order valence-corrected chi connectivity index (χ0v) is 20.1. The van der Waals surface area contributed by atoms with Crippen LogP contribution < -0.4 is 14.8 Å². The molecule has 10 nitrogen and oxygen atoms in total. The maximum atomic E-state index is 13.9. The van der Waals surface area contributed by atoms with Gasteiger partial charge in [0.05, 0.1) is 6.26 Å². The second-order valence-electron chi connectivity index (χ2n) is 8.72. The maximum Gasteiger partial charge on any atom is 0.289 e. The van der Waals surface area contributed by atoms with Crippen LogP contribution in [0.15, 0.2) is 71.5 Å². The Kier molecular flexibility index (Phi) is 6.08. The maximum absolute atomic E-state index is 13.9. The molecule has 38 heavy (non-hydrogen) atoms. The smallest absolute Gasteiger partial charge is 0.289 e. The second-order valence-corrected chi connectivity index (χ2v) is 8.72. The van der Waals surface area contributed by atoms with Crippen LogP contribution in [-0.2, 0) is 0 Å². The minimum atomic E-state index is -0.426. The van der Waals surface area contributed by atoms with E-state index in [1.54, 1.807) is 52.3 Å². The molecule has 2 aliphatic rings. The van der Waals surface area contributed by atoms with E-state index in [0.717, 1.165) is 0 Å². The molecule has 192 valence electrons. The molecule has 0 aliphatic carbocycles. The molecule has 0 radical (unpaired) electrons. The van der Waals surface area contributed by atoms with Crippen molar-refractivity contribution in [2.75, 3.05) is 38.3 Å². The number of amides is 2. The fourth-order valence-electron chi connectivity index (χ4n) is 4.35. The summed E-state index contributed by atoms with van der Waals surface area (Å²) < 4.78 is 29.9. The van der Waals surface area contributed by atoms with Crippen molar-refractivity contribution in [1.29, 1.82) is 0 Å². The highest BCUT2D eigenvalue weighted by molar-refractivity contribution is 5.99. The van der Waals surface area contributed by atoms with E-state index < -0.39 is 5.82 Å². The van der Waals surface area contributed by atoms with Crippen molar-refractivity contribution in [3.63, 3.8) is 0 Å². The minimum Gasteiger partial charge on any atom is -0.459 e. The number of anilines is 2. The molecule has 2 amide bonds. The van der Waals surface area contributed by atoms with Crippen LogP contribution in [-0.4, -0.2) is 64.6 Å². The first-order chi connectivity index (χ1) is 18.5. The zero-order valence-electron chi connectivity index (χ0n) is 20.1. The van der Waals surface area contributed by atoms with E-state index in [2.05, 4.69) is 15.3 Å². The summed E-state index contributed by atoms with van der Waals surface area (Å²) in [6.45, 7) is 1.51. The van der Waals surface area contributed by atoms with Crippen LogP contribution in [0.1, 0.15) is 20.9 Å². The first-order valence-electron chi connectivity index (χ1n) is 12.0. The van der Waals surface area contributed by atoms with E-state index in [0.29, 0.717) is 54.8 Å². The first kappa shape index (κ1) is 23.5. The lowest BCUT2D eigenvalue weighted by molar-refractivity contribution is 0.0518. The van der Waals surface area contributed by atoms with Gasteiger partial charge in [0.15, 0.2) is 23.1 Å². The number of rotatable bonds is 5. The molecule has 0 atom stereocenters. The molecule has 6 rings (SSSR count). The molecule has 0 bridgehead atoms. The Balaban J connectivity index is 1.27. The summed E-state index contributed by atoms with van der Waals surface area (Å²) in [6.07, 6.45) is 2.91. The number of fused-ring (bicyclic) bond motifs is 1. The van der Waals surface area contributed by atoms with Crippen LogP contribution in [0, 0.1) is 5.82 Å². The van der Waals surface area contributed by atoms with Crippen LogP contribution in [0.4, 0.5) is 15.9 Å². The van der Waals surface area contributed by atoms with E-state index in [1.165, 1.54) is 24.6 Å². The number of furan rings is 1. The van der Waals surface area contributed by atoms with Crippen LogP contribution in [0.3, 0.4) is 0 Å². The van der Waals surface area contributed by atoms with Gasteiger partial charge in [-0.3, -0.25) is 9.59 Å². The lowest BCUT2D eigenvalue weighted by atomic mass is 10.1. The molecular formula is C27H22FN5O5. The van der Waals surface area contributed by atoms with E-state index >= 15 is 0 Å². The summed E-state index contributed by atoms with van der Waals surface area (Å²) in [7, 11) is 0. The molecular weight excluding hydrogens is 493 g/mol. The summed E-state index contributed by atoms with van der Waals surface area (Å²) in [6, 6.07) is 14.5. The molecule has 2 aromatic heterocycles. The number of piperazine rings is 1. The number of carbonyl (C=O) groups is 2. The Hall–Kier alpha value is -4.93. The fourth-order valence-corrected chi connectivity index (χ4v) is 4.35. The normalized spacial score (nSPS) is 14.4. The van der Waals surface area contributed by atoms with Gasteiger partial charge < -0.3 is 29.0 Å². The van der Waals surface area contributed by atoms with Crippen molar-refractivity contribution in [2.24, 2.45) is 0 Å². The molecule has 11 heteroatoms. The highest BCUT2D eigenvalue weighted by atomic mass is 19.1. The highest BCUT2D eigenvalue weighted by Crippen LogP contribution is 2.35. The monoisotopic (exact) mass is 515 g/mol. The minimum absolute atomic E-state index is 0.139. The second kappa shape index (κ2) is 9.85. The molecule has 1 saturated heterocycles. The third-order valence-corrected chi connectivity index (χ3v) is 6.32. The zero-order chi connectivity index (χ0) is 26.1. The van der Waals surface area contributed by atoms with Crippen molar-refractivity contribution in [2.45, 2.75) is 0 Å². The average Bonchev–Trinajstić information content (AvgIpc) is 3.65. The van der Waals surface area contributed by atoms with Crippen molar-refractivity contribution in [3.8, 4) is 22.9 Å². The summed E-state index contributed by atoms with van der Waals surface area (Å²) in [4.78, 5) is 38.5. The van der Waals surface area contributed by atoms with Crippen LogP contribution in [0.2, 0.25) is 0 Å². The predicted octanol–water partition coefficient (Wildman–Crippen LogP) is 3.95. The van der Waals surface area contributed by atoms with Gasteiger partial charge >= 0.3 is 0 Å². The van der Waals surface area contributed by atoms with E-state index in [-0.39, 0.29) is 35.7 Å². The van der Waals surface area contributed by atoms with Gasteiger partial charge in [-0.25, -0.2) is 14.4 Å². The number of carbonyl (C=O) groups excluding carboxylic acids is 2. The Labute approximate surface area is 216 Å². The standard InChI is InChI=1S/C27H22FN5O5/c28-18-3-1-4-19(14-18)30-25-20(15-29-24(31-25)17-6-7-21-23(13-17)38-16-37-21)26(34)32-8-10-33(11-9-32)27(35)22-5-2-12-36-22/h1-7,12-15H,8-11,16H2,(H,29,30,31). The van der Waals surface area contributed by atoms with Gasteiger partial charge in [-0.2, -0.15) is 0 Å². The molecule has 4 heterocycles. The third-order valence-electron chi connectivity index (χ3n) is 6.32. The summed E-state index contributed by atoms with van der Waals surface area (Å²) >= 11 is 0. The first-order valence-corrected chi connectivity index (χ1v) is 12.0. The van der Waals surface area contributed by atoms with Gasteiger partial charge in [-0.15, -0.1) is 0 Å². The van der Waals surface area contributed by atoms with E-state index in [1.807, 2.05) is 0 Å². The molecule has 0 unspecified atom stereocenters. The number of ether oxygens (including phenoxy) is 2. The molecule has 0 saturated carbocycles. The number of hydrogen-bond donors (Lipinski definition) is 1. The van der Waals surface area contributed by atoms with E-state index in [9.17, 15) is 14.0 Å². The number of aromatic nitrogens is 2. The summed E-state index contributed by atoms with van der Waals surface area (Å²) in [5.74, 6) is 1.11. The number of nitrogens with zero attached hydrogens (tertiary/aromatic N) is 4. The Morgan fingerprint density at radius 2 is 1.68 bits per heavy atom. The molecule has 2 aliphatic heterocycles. The third kappa shape index (κ3) is 4.61. The van der Waals surface area contributed by atoms with Crippen molar-refractivity contribution in [3.05, 3.63) is 84.2 Å². The number of benzene rings is 2. The molecule has 4 aromatic rings. The van der Waals surface area contributed by atoms with Crippen LogP contribution in [0.25, 0.3) is 11.4 Å². The predicted molar refractivity (Wildman–Crippen MR) is 134 cm³/mol. The quantitative estimate of drug-likeness (QED) is 0.426.